The lowest BCUT2D eigenvalue weighted by atomic mass is 9.83. The van der Waals surface area contributed by atoms with Gasteiger partial charge in [0.1, 0.15) is 5.78 Å². The molecule has 0 aliphatic heterocycles. The summed E-state index contributed by atoms with van der Waals surface area (Å²) >= 11 is 0. The number of aryl methyl sites for hydroxylation is 1. The van der Waals surface area contributed by atoms with Gasteiger partial charge in [-0.25, -0.2) is 8.42 Å². The van der Waals surface area contributed by atoms with Crippen LogP contribution in [0, 0.1) is 5.92 Å². The van der Waals surface area contributed by atoms with Crippen molar-refractivity contribution in [1.82, 2.24) is 4.98 Å². The van der Waals surface area contributed by atoms with Crippen LogP contribution in [-0.2, 0) is 41.1 Å². The number of carbonyl (C=O) groups is 1. The summed E-state index contributed by atoms with van der Waals surface area (Å²) < 4.78 is 47.1. The SMILES string of the molecule is CCOP(=O)(CCc1ccc(CC(=O)[C@H](CC2CCCC2)c2ccc(S(C)(=O)=O)cc2)nc1)OCC. The Morgan fingerprint density at radius 2 is 1.69 bits per heavy atom. The number of pyridine rings is 1. The van der Waals surface area contributed by atoms with Crippen molar-refractivity contribution in [3.05, 3.63) is 59.4 Å². The maximum atomic E-state index is 13.4. The zero-order chi connectivity index (χ0) is 26.2. The van der Waals surface area contributed by atoms with Crippen molar-refractivity contribution in [2.24, 2.45) is 5.92 Å². The van der Waals surface area contributed by atoms with Gasteiger partial charge in [-0.1, -0.05) is 43.9 Å². The largest absolute Gasteiger partial charge is 0.330 e. The summed E-state index contributed by atoms with van der Waals surface area (Å²) in [5, 5.41) is 0. The van der Waals surface area contributed by atoms with Crippen molar-refractivity contribution in [3.63, 3.8) is 0 Å². The highest BCUT2D eigenvalue weighted by atomic mass is 32.2. The van der Waals surface area contributed by atoms with Gasteiger partial charge in [0.2, 0.25) is 0 Å². The number of aromatic nitrogens is 1. The van der Waals surface area contributed by atoms with Crippen LogP contribution < -0.4 is 0 Å². The molecule has 0 bridgehead atoms. The molecule has 1 saturated carbocycles. The van der Waals surface area contributed by atoms with E-state index in [2.05, 4.69) is 4.98 Å². The van der Waals surface area contributed by atoms with Crippen LogP contribution in [-0.4, -0.2) is 44.8 Å². The molecule has 0 amide bonds. The minimum Gasteiger partial charge on any atom is -0.309 e. The van der Waals surface area contributed by atoms with Crippen molar-refractivity contribution < 1.29 is 26.8 Å². The molecule has 1 aliphatic rings. The molecule has 198 valence electrons. The number of hydrogen-bond acceptors (Lipinski definition) is 7. The maximum absolute atomic E-state index is 13.4. The molecular formula is C27H38NO6PS. The number of nitrogens with zero attached hydrogens (tertiary/aromatic N) is 1. The van der Waals surface area contributed by atoms with Crippen LogP contribution in [0.15, 0.2) is 47.5 Å². The summed E-state index contributed by atoms with van der Waals surface area (Å²) in [7, 11) is -6.40. The molecule has 7 nitrogen and oxygen atoms in total. The van der Waals surface area contributed by atoms with Gasteiger partial charge in [0.15, 0.2) is 9.84 Å². The molecule has 0 radical (unpaired) electrons. The summed E-state index contributed by atoms with van der Waals surface area (Å²) in [5.41, 5.74) is 2.45. The van der Waals surface area contributed by atoms with Gasteiger partial charge in [0, 0.05) is 30.5 Å². The molecule has 1 aromatic heterocycles. The predicted octanol–water partition coefficient (Wildman–Crippen LogP) is 5.77. The monoisotopic (exact) mass is 535 g/mol. The van der Waals surface area contributed by atoms with Gasteiger partial charge in [-0.3, -0.25) is 14.3 Å². The van der Waals surface area contributed by atoms with Gasteiger partial charge in [-0.2, -0.15) is 0 Å². The van der Waals surface area contributed by atoms with E-state index < -0.39 is 17.4 Å². The first-order valence-electron chi connectivity index (χ1n) is 12.8. The number of Topliss-reactive ketones (excluding diaryl/α,β-unsaturated/α-hetero) is 1. The molecule has 2 aromatic rings. The van der Waals surface area contributed by atoms with Gasteiger partial charge >= 0.3 is 7.60 Å². The number of hydrogen-bond donors (Lipinski definition) is 0. The smallest absolute Gasteiger partial charge is 0.309 e. The Morgan fingerprint density at radius 1 is 1.06 bits per heavy atom. The van der Waals surface area contributed by atoms with Gasteiger partial charge < -0.3 is 9.05 Å². The highest BCUT2D eigenvalue weighted by molar-refractivity contribution is 7.90. The minimum absolute atomic E-state index is 0.0893. The van der Waals surface area contributed by atoms with Crippen LogP contribution >= 0.6 is 7.60 Å². The molecule has 1 aliphatic carbocycles. The average Bonchev–Trinajstić information content (AvgIpc) is 3.35. The van der Waals surface area contributed by atoms with Gasteiger partial charge in [0.05, 0.1) is 24.3 Å². The number of benzene rings is 1. The number of carbonyl (C=O) groups excluding carboxylic acids is 1. The molecule has 0 spiro atoms. The third-order valence-corrected chi connectivity index (χ3v) is 9.91. The number of rotatable bonds is 14. The van der Waals surface area contributed by atoms with Crippen molar-refractivity contribution >= 4 is 23.2 Å². The highest BCUT2D eigenvalue weighted by Gasteiger charge is 2.27. The van der Waals surface area contributed by atoms with E-state index in [1.54, 1.807) is 44.3 Å². The van der Waals surface area contributed by atoms with E-state index in [1.165, 1.54) is 19.1 Å². The summed E-state index contributed by atoms with van der Waals surface area (Å²) in [6.45, 7) is 4.24. The Hall–Kier alpha value is -1.86. The molecule has 1 fully saturated rings. The van der Waals surface area contributed by atoms with Crippen LogP contribution in [0.4, 0.5) is 0 Å². The quantitative estimate of drug-likeness (QED) is 0.283. The molecule has 1 heterocycles. The predicted molar refractivity (Wildman–Crippen MR) is 141 cm³/mol. The molecule has 0 unspecified atom stereocenters. The van der Waals surface area contributed by atoms with Crippen molar-refractivity contribution in [1.29, 1.82) is 0 Å². The topological polar surface area (TPSA) is 99.6 Å². The lowest BCUT2D eigenvalue weighted by molar-refractivity contribution is -0.120. The number of ketones is 1. The van der Waals surface area contributed by atoms with Gasteiger partial charge in [0.25, 0.3) is 0 Å². The fourth-order valence-corrected chi connectivity index (χ4v) is 7.10. The highest BCUT2D eigenvalue weighted by Crippen LogP contribution is 2.48. The summed E-state index contributed by atoms with van der Waals surface area (Å²) in [6.07, 6.45) is 9.33. The third-order valence-electron chi connectivity index (χ3n) is 6.71. The first kappa shape index (κ1) is 28.7. The Kier molecular flexibility index (Phi) is 10.4. The van der Waals surface area contributed by atoms with E-state index in [-0.39, 0.29) is 29.2 Å². The second kappa shape index (κ2) is 13.1. The normalized spacial score (nSPS) is 15.8. The average molecular weight is 536 g/mol. The summed E-state index contributed by atoms with van der Waals surface area (Å²) in [5.74, 6) is 0.313. The molecule has 9 heteroatoms. The van der Waals surface area contributed by atoms with E-state index in [4.69, 9.17) is 9.05 Å². The molecule has 3 rings (SSSR count). The van der Waals surface area contributed by atoms with Crippen molar-refractivity contribution in [2.75, 3.05) is 25.6 Å². The molecule has 0 saturated heterocycles. The molecule has 1 atom stereocenters. The van der Waals surface area contributed by atoms with Crippen LogP contribution in [0.3, 0.4) is 0 Å². The Labute approximate surface area is 215 Å². The standard InChI is InChI=1S/C27H38NO6PS/c1-4-33-35(30,34-5-2)17-16-22-10-13-24(28-20-22)19-27(29)26(18-21-8-6-7-9-21)23-11-14-25(15-12-23)36(3,31)32/h10-15,20-21,26H,4-9,16-19H2,1-3H3/t26-/m1/s1. The van der Waals surface area contributed by atoms with Crippen LogP contribution in [0.25, 0.3) is 0 Å². The van der Waals surface area contributed by atoms with E-state index in [9.17, 15) is 17.8 Å². The second-order valence-electron chi connectivity index (χ2n) is 9.50. The third kappa shape index (κ3) is 8.34. The maximum Gasteiger partial charge on any atom is 0.330 e. The molecule has 36 heavy (non-hydrogen) atoms. The second-order valence-corrected chi connectivity index (χ2v) is 13.7. The molecular weight excluding hydrogens is 497 g/mol. The Bertz CT molecular complexity index is 1130. The fourth-order valence-electron chi connectivity index (χ4n) is 4.82. The zero-order valence-corrected chi connectivity index (χ0v) is 23.2. The van der Waals surface area contributed by atoms with E-state index in [0.29, 0.717) is 31.2 Å². The summed E-state index contributed by atoms with van der Waals surface area (Å²) in [4.78, 5) is 18.2. The molecule has 1 aromatic carbocycles. The van der Waals surface area contributed by atoms with Crippen molar-refractivity contribution in [2.45, 2.75) is 69.6 Å². The number of sulfone groups is 1. The minimum atomic E-state index is -3.29. The van der Waals surface area contributed by atoms with Crippen LogP contribution in [0.5, 0.6) is 0 Å². The fraction of sp³-hybridized carbons (Fsp3) is 0.556. The Morgan fingerprint density at radius 3 is 2.22 bits per heavy atom. The van der Waals surface area contributed by atoms with Crippen LogP contribution in [0.1, 0.15) is 68.7 Å². The summed E-state index contributed by atoms with van der Waals surface area (Å²) in [6, 6.07) is 10.5. The van der Waals surface area contributed by atoms with E-state index in [1.807, 2.05) is 12.1 Å². The van der Waals surface area contributed by atoms with E-state index >= 15 is 0 Å². The first-order valence-corrected chi connectivity index (χ1v) is 16.4. The zero-order valence-electron chi connectivity index (χ0n) is 21.5. The lowest BCUT2D eigenvalue weighted by Crippen LogP contribution is -2.18. The first-order chi connectivity index (χ1) is 17.1. The molecule has 0 N–H and O–H groups in total. The van der Waals surface area contributed by atoms with Gasteiger partial charge in [-0.15, -0.1) is 0 Å². The van der Waals surface area contributed by atoms with Crippen LogP contribution in [0.2, 0.25) is 0 Å². The lowest BCUT2D eigenvalue weighted by Gasteiger charge is -2.20. The Balaban J connectivity index is 1.69. The van der Waals surface area contributed by atoms with Gasteiger partial charge in [-0.05, 0) is 61.9 Å². The van der Waals surface area contributed by atoms with E-state index in [0.717, 1.165) is 30.4 Å². The van der Waals surface area contributed by atoms with Crippen molar-refractivity contribution in [3.8, 4) is 0 Å².